The first kappa shape index (κ1) is 17.7. The topological polar surface area (TPSA) is 70.1 Å². The Balaban J connectivity index is 1.42. The molecule has 3 aromatic rings. The Kier molecular flexibility index (Phi) is 4.36. The fraction of sp³-hybridized carbons (Fsp3) is 0.429. The summed E-state index contributed by atoms with van der Waals surface area (Å²) >= 11 is 1.65. The van der Waals surface area contributed by atoms with Crippen LogP contribution in [-0.4, -0.2) is 39.5 Å². The molecule has 1 spiro atoms. The molecule has 6 nitrogen and oxygen atoms in total. The van der Waals surface area contributed by atoms with Crippen LogP contribution in [0.15, 0.2) is 45.9 Å². The van der Waals surface area contributed by atoms with Gasteiger partial charge in [-0.05, 0) is 72.3 Å². The lowest BCUT2D eigenvalue weighted by molar-refractivity contribution is -0.133. The van der Waals surface area contributed by atoms with Gasteiger partial charge in [-0.1, -0.05) is 12.1 Å². The largest absolute Gasteiger partial charge is 0.333 e. The van der Waals surface area contributed by atoms with Crippen LogP contribution in [0.2, 0.25) is 0 Å². The number of para-hydroxylation sites is 2. The Morgan fingerprint density at radius 3 is 2.86 bits per heavy atom. The van der Waals surface area contributed by atoms with Crippen molar-refractivity contribution in [2.45, 2.75) is 38.4 Å². The normalized spacial score (nSPS) is 20.5. The summed E-state index contributed by atoms with van der Waals surface area (Å²) in [6.45, 7) is 2.76. The smallest absolute Gasteiger partial charge is 0.326 e. The van der Waals surface area contributed by atoms with Crippen molar-refractivity contribution in [3.8, 4) is 0 Å². The number of nitrogens with zero attached hydrogens (tertiary/aromatic N) is 2. The molecule has 1 amide bonds. The molecule has 0 radical (unpaired) electrons. The number of piperidine rings is 1. The van der Waals surface area contributed by atoms with Gasteiger partial charge in [-0.3, -0.25) is 9.36 Å². The molecular weight excluding hydrogens is 372 g/mol. The number of H-pyrrole nitrogens is 1. The average molecular weight is 397 g/mol. The van der Waals surface area contributed by atoms with Crippen LogP contribution in [0, 0.1) is 5.41 Å². The van der Waals surface area contributed by atoms with E-state index in [-0.39, 0.29) is 29.6 Å². The standard InChI is InChI=1S/C21H24N4O2S/c26-19(13-24-17-4-2-1-3-16(17)23-20(24)27)25(12-15-5-10-28-14-15)18-11-21(18)6-8-22-9-7-21/h1-5,10,14,18,22H,6-9,11-13H2,(H,23,27). The second-order valence-electron chi connectivity index (χ2n) is 8.02. The van der Waals surface area contributed by atoms with Gasteiger partial charge < -0.3 is 15.2 Å². The van der Waals surface area contributed by atoms with Crippen molar-refractivity contribution in [3.05, 3.63) is 57.1 Å². The van der Waals surface area contributed by atoms with Crippen molar-refractivity contribution in [2.24, 2.45) is 5.41 Å². The number of carbonyl (C=O) groups is 1. The number of imidazole rings is 1. The second-order valence-corrected chi connectivity index (χ2v) is 8.80. The summed E-state index contributed by atoms with van der Waals surface area (Å²) in [7, 11) is 0. The number of rotatable bonds is 5. The SMILES string of the molecule is O=C(Cn1c(=O)[nH]c2ccccc21)N(Cc1ccsc1)C1CC12CCNCC2. The Bertz CT molecular complexity index is 1050. The van der Waals surface area contributed by atoms with Crippen LogP contribution >= 0.6 is 11.3 Å². The van der Waals surface area contributed by atoms with Gasteiger partial charge in [0.05, 0.1) is 11.0 Å². The number of aromatic nitrogens is 2. The van der Waals surface area contributed by atoms with E-state index < -0.39 is 0 Å². The van der Waals surface area contributed by atoms with E-state index in [0.717, 1.165) is 43.4 Å². The Morgan fingerprint density at radius 2 is 2.07 bits per heavy atom. The molecule has 1 saturated carbocycles. The summed E-state index contributed by atoms with van der Waals surface area (Å²) in [4.78, 5) is 30.7. The third-order valence-corrected chi connectivity index (χ3v) is 7.08. The van der Waals surface area contributed by atoms with Gasteiger partial charge in [0.25, 0.3) is 0 Å². The van der Waals surface area contributed by atoms with E-state index in [4.69, 9.17) is 0 Å². The highest BCUT2D eigenvalue weighted by atomic mass is 32.1. The first-order chi connectivity index (χ1) is 13.7. The molecule has 1 unspecified atom stereocenters. The van der Waals surface area contributed by atoms with E-state index in [1.54, 1.807) is 15.9 Å². The predicted molar refractivity (Wildman–Crippen MR) is 110 cm³/mol. The van der Waals surface area contributed by atoms with E-state index >= 15 is 0 Å². The van der Waals surface area contributed by atoms with E-state index in [9.17, 15) is 9.59 Å². The minimum absolute atomic E-state index is 0.0264. The molecule has 2 fully saturated rings. The molecule has 7 heteroatoms. The van der Waals surface area contributed by atoms with Crippen molar-refractivity contribution < 1.29 is 4.79 Å². The third-order valence-electron chi connectivity index (χ3n) is 6.35. The molecular formula is C21H24N4O2S. The lowest BCUT2D eigenvalue weighted by atomic mass is 9.93. The van der Waals surface area contributed by atoms with Gasteiger partial charge >= 0.3 is 5.69 Å². The van der Waals surface area contributed by atoms with Crippen molar-refractivity contribution >= 4 is 28.3 Å². The van der Waals surface area contributed by atoms with Gasteiger partial charge in [0, 0.05) is 12.6 Å². The lowest BCUT2D eigenvalue weighted by Gasteiger charge is -2.29. The van der Waals surface area contributed by atoms with Gasteiger partial charge in [0.2, 0.25) is 5.91 Å². The fourth-order valence-electron chi connectivity index (χ4n) is 4.67. The summed E-state index contributed by atoms with van der Waals surface area (Å²) < 4.78 is 1.57. The van der Waals surface area contributed by atoms with Gasteiger partial charge in [0.15, 0.2) is 0 Å². The number of hydrogen-bond donors (Lipinski definition) is 2. The molecule has 2 aromatic heterocycles. The van der Waals surface area contributed by atoms with Crippen LogP contribution in [0.4, 0.5) is 0 Å². The molecule has 1 aliphatic carbocycles. The highest BCUT2D eigenvalue weighted by molar-refractivity contribution is 7.07. The summed E-state index contributed by atoms with van der Waals surface area (Å²) in [6.07, 6.45) is 3.32. The molecule has 1 aromatic carbocycles. The molecule has 1 atom stereocenters. The maximum absolute atomic E-state index is 13.4. The zero-order chi connectivity index (χ0) is 19.1. The molecule has 1 saturated heterocycles. The maximum Gasteiger partial charge on any atom is 0.326 e. The zero-order valence-electron chi connectivity index (χ0n) is 15.7. The van der Waals surface area contributed by atoms with Crippen LogP contribution in [0.25, 0.3) is 11.0 Å². The summed E-state index contributed by atoms with van der Waals surface area (Å²) in [5.41, 5.74) is 2.76. The van der Waals surface area contributed by atoms with E-state index in [0.29, 0.717) is 6.54 Å². The number of carbonyl (C=O) groups excluding carboxylic acids is 1. The number of hydrogen-bond acceptors (Lipinski definition) is 4. The Labute approximate surface area is 167 Å². The second kappa shape index (κ2) is 6.90. The van der Waals surface area contributed by atoms with E-state index in [1.807, 2.05) is 29.2 Å². The van der Waals surface area contributed by atoms with Crippen molar-refractivity contribution in [2.75, 3.05) is 13.1 Å². The highest BCUT2D eigenvalue weighted by Crippen LogP contribution is 2.56. The third kappa shape index (κ3) is 3.08. The van der Waals surface area contributed by atoms with Gasteiger partial charge in [-0.15, -0.1) is 0 Å². The first-order valence-electron chi connectivity index (χ1n) is 9.85. The van der Waals surface area contributed by atoms with Gasteiger partial charge in [0.1, 0.15) is 6.54 Å². The number of fused-ring (bicyclic) bond motifs is 1. The minimum atomic E-state index is -0.225. The van der Waals surface area contributed by atoms with E-state index in [1.165, 1.54) is 5.56 Å². The van der Waals surface area contributed by atoms with Crippen molar-refractivity contribution in [3.63, 3.8) is 0 Å². The highest BCUT2D eigenvalue weighted by Gasteiger charge is 2.57. The number of nitrogens with one attached hydrogen (secondary N) is 2. The molecule has 28 heavy (non-hydrogen) atoms. The summed E-state index contributed by atoms with van der Waals surface area (Å²) in [5.74, 6) is 0.0264. The number of amides is 1. The number of thiophene rings is 1. The number of benzene rings is 1. The van der Waals surface area contributed by atoms with Crippen molar-refractivity contribution in [1.29, 1.82) is 0 Å². The van der Waals surface area contributed by atoms with Gasteiger partial charge in [-0.2, -0.15) is 11.3 Å². The van der Waals surface area contributed by atoms with E-state index in [2.05, 4.69) is 27.1 Å². The van der Waals surface area contributed by atoms with Crippen LogP contribution in [0.1, 0.15) is 24.8 Å². The lowest BCUT2D eigenvalue weighted by Crippen LogP contribution is -2.41. The Morgan fingerprint density at radius 1 is 1.25 bits per heavy atom. The summed E-state index contributed by atoms with van der Waals surface area (Å²) in [5, 5.41) is 7.58. The van der Waals surface area contributed by atoms with Gasteiger partial charge in [-0.25, -0.2) is 4.79 Å². The predicted octanol–water partition coefficient (Wildman–Crippen LogP) is 2.56. The fourth-order valence-corrected chi connectivity index (χ4v) is 5.33. The van der Waals surface area contributed by atoms with Crippen LogP contribution < -0.4 is 11.0 Å². The summed E-state index contributed by atoms with van der Waals surface area (Å²) in [6, 6.07) is 9.90. The molecule has 2 aliphatic rings. The van der Waals surface area contributed by atoms with Crippen molar-refractivity contribution in [1.82, 2.24) is 19.8 Å². The minimum Gasteiger partial charge on any atom is -0.333 e. The van der Waals surface area contributed by atoms with Crippen LogP contribution in [-0.2, 0) is 17.9 Å². The zero-order valence-corrected chi connectivity index (χ0v) is 16.5. The van der Waals surface area contributed by atoms with Crippen LogP contribution in [0.5, 0.6) is 0 Å². The molecule has 0 bridgehead atoms. The first-order valence-corrected chi connectivity index (χ1v) is 10.8. The Hall–Kier alpha value is -2.38. The maximum atomic E-state index is 13.4. The molecule has 3 heterocycles. The molecule has 5 rings (SSSR count). The molecule has 2 N–H and O–H groups in total. The monoisotopic (exact) mass is 396 g/mol. The average Bonchev–Trinajstić information content (AvgIpc) is 3.05. The molecule has 146 valence electrons. The van der Waals surface area contributed by atoms with Crippen LogP contribution in [0.3, 0.4) is 0 Å². The quantitative estimate of drug-likeness (QED) is 0.696. The molecule has 1 aliphatic heterocycles. The number of aromatic amines is 1.